The van der Waals surface area contributed by atoms with Gasteiger partial charge >= 0.3 is 11.9 Å². The minimum atomic E-state index is -1.36. The number of carboxylic acids is 2. The maximum Gasteiger partial charge on any atom is 0.326 e. The van der Waals surface area contributed by atoms with Crippen molar-refractivity contribution in [3.05, 3.63) is 0 Å². The minimum absolute atomic E-state index is 0.0533. The first-order valence-corrected chi connectivity index (χ1v) is 10.8. The van der Waals surface area contributed by atoms with Crippen LogP contribution in [-0.4, -0.2) is 83.1 Å². The molecule has 0 aliphatic rings. The predicted molar refractivity (Wildman–Crippen MR) is 122 cm³/mol. The third-order valence-corrected chi connectivity index (χ3v) is 4.62. The lowest BCUT2D eigenvalue weighted by atomic mass is 10.1. The molecule has 194 valence electrons. The monoisotopic (exact) mass is 488 g/mol. The van der Waals surface area contributed by atoms with Crippen molar-refractivity contribution in [3.8, 4) is 0 Å². The van der Waals surface area contributed by atoms with Gasteiger partial charge in [-0.05, 0) is 45.6 Å². The van der Waals surface area contributed by atoms with Gasteiger partial charge in [-0.15, -0.1) is 0 Å². The maximum atomic E-state index is 12.7. The van der Waals surface area contributed by atoms with Crippen molar-refractivity contribution in [1.29, 1.82) is 0 Å². The highest BCUT2D eigenvalue weighted by Gasteiger charge is 2.28. The summed E-state index contributed by atoms with van der Waals surface area (Å²) in [6.07, 6.45) is 0.935. The fourth-order valence-corrected chi connectivity index (χ4v) is 2.76. The standard InChI is InChI=1S/C19H36N8O7/c1-10(15(30)27-13(18(33)34)6-4-8-24-19(22)23)25-17(32)12(5-2-3-7-20)26-16(31)11(21)9-14(28)29/h10-13H,2-9,20-21H2,1H3,(H,25,32)(H,26,31)(H,27,30)(H,28,29)(H,33,34)(H4,22,23,24). The number of nitrogens with zero attached hydrogens (tertiary/aromatic N) is 1. The number of hydrogen-bond acceptors (Lipinski definition) is 8. The molecule has 0 radical (unpaired) electrons. The van der Waals surface area contributed by atoms with Crippen LogP contribution in [0.25, 0.3) is 0 Å². The van der Waals surface area contributed by atoms with Gasteiger partial charge < -0.3 is 49.1 Å². The molecule has 4 atom stereocenters. The summed E-state index contributed by atoms with van der Waals surface area (Å²) in [5, 5.41) is 25.2. The van der Waals surface area contributed by atoms with Crippen LogP contribution in [-0.2, 0) is 24.0 Å². The number of hydrogen-bond donors (Lipinski definition) is 9. The highest BCUT2D eigenvalue weighted by molar-refractivity contribution is 5.94. The van der Waals surface area contributed by atoms with Crippen LogP contribution in [0.5, 0.6) is 0 Å². The van der Waals surface area contributed by atoms with Crippen LogP contribution in [0.15, 0.2) is 4.99 Å². The molecule has 0 aromatic carbocycles. The second-order valence-corrected chi connectivity index (χ2v) is 7.63. The van der Waals surface area contributed by atoms with Crippen molar-refractivity contribution in [1.82, 2.24) is 16.0 Å². The number of carbonyl (C=O) groups is 5. The Bertz CT molecular complexity index is 742. The molecule has 0 bridgehead atoms. The average molecular weight is 489 g/mol. The molecular formula is C19H36N8O7. The molecule has 15 nitrogen and oxygen atoms in total. The molecule has 3 amide bonds. The van der Waals surface area contributed by atoms with Gasteiger partial charge in [0.2, 0.25) is 17.7 Å². The number of unbranched alkanes of at least 4 members (excludes halogenated alkanes) is 1. The molecule has 13 N–H and O–H groups in total. The van der Waals surface area contributed by atoms with E-state index in [9.17, 15) is 29.1 Å². The summed E-state index contributed by atoms with van der Waals surface area (Å²) in [6.45, 7) is 1.89. The van der Waals surface area contributed by atoms with E-state index >= 15 is 0 Å². The van der Waals surface area contributed by atoms with Crippen molar-refractivity contribution < 1.29 is 34.2 Å². The number of carboxylic acid groups (broad SMARTS) is 2. The summed E-state index contributed by atoms with van der Waals surface area (Å²) in [5.74, 6) is -4.98. The third-order valence-electron chi connectivity index (χ3n) is 4.62. The maximum absolute atomic E-state index is 12.7. The lowest BCUT2D eigenvalue weighted by Gasteiger charge is -2.23. The van der Waals surface area contributed by atoms with Gasteiger partial charge in [0, 0.05) is 6.54 Å². The lowest BCUT2D eigenvalue weighted by molar-refractivity contribution is -0.142. The molecule has 0 fully saturated rings. The van der Waals surface area contributed by atoms with E-state index in [2.05, 4.69) is 20.9 Å². The largest absolute Gasteiger partial charge is 0.481 e. The van der Waals surface area contributed by atoms with Crippen LogP contribution >= 0.6 is 0 Å². The SMILES string of the molecule is CC(NC(=O)C(CCCCN)NC(=O)C(N)CC(=O)O)C(=O)NC(CCCN=C(N)N)C(=O)O. The van der Waals surface area contributed by atoms with Crippen molar-refractivity contribution in [2.45, 2.75) is 69.6 Å². The van der Waals surface area contributed by atoms with Crippen LogP contribution in [0.2, 0.25) is 0 Å². The Morgan fingerprint density at radius 1 is 0.853 bits per heavy atom. The van der Waals surface area contributed by atoms with Crippen LogP contribution in [0, 0.1) is 0 Å². The Kier molecular flexibility index (Phi) is 14.6. The highest BCUT2D eigenvalue weighted by atomic mass is 16.4. The first kappa shape index (κ1) is 30.5. The molecule has 0 rings (SSSR count). The van der Waals surface area contributed by atoms with Crippen LogP contribution < -0.4 is 38.9 Å². The van der Waals surface area contributed by atoms with Crippen molar-refractivity contribution in [2.75, 3.05) is 13.1 Å². The van der Waals surface area contributed by atoms with E-state index in [0.29, 0.717) is 25.8 Å². The Morgan fingerprint density at radius 2 is 1.44 bits per heavy atom. The molecule has 34 heavy (non-hydrogen) atoms. The Labute approximate surface area is 197 Å². The van der Waals surface area contributed by atoms with E-state index in [1.54, 1.807) is 0 Å². The number of nitrogens with one attached hydrogen (secondary N) is 3. The topological polar surface area (TPSA) is 278 Å². The predicted octanol–water partition coefficient (Wildman–Crippen LogP) is -3.47. The van der Waals surface area contributed by atoms with Gasteiger partial charge in [-0.25, -0.2) is 4.79 Å². The van der Waals surface area contributed by atoms with Crippen LogP contribution in [0.3, 0.4) is 0 Å². The molecular weight excluding hydrogens is 452 g/mol. The molecule has 0 heterocycles. The van der Waals surface area contributed by atoms with Crippen molar-refractivity contribution >= 4 is 35.6 Å². The summed E-state index contributed by atoms with van der Waals surface area (Å²) >= 11 is 0. The minimum Gasteiger partial charge on any atom is -0.481 e. The normalized spacial score (nSPS) is 14.1. The number of amides is 3. The molecule has 0 spiro atoms. The fourth-order valence-electron chi connectivity index (χ4n) is 2.76. The Hall–Kier alpha value is -3.46. The van der Waals surface area contributed by atoms with E-state index in [-0.39, 0.29) is 25.3 Å². The van der Waals surface area contributed by atoms with Crippen molar-refractivity contribution in [3.63, 3.8) is 0 Å². The number of aliphatic imine (C=N–C) groups is 1. The van der Waals surface area contributed by atoms with Gasteiger partial charge in [-0.3, -0.25) is 24.2 Å². The molecule has 0 aromatic rings. The van der Waals surface area contributed by atoms with Gasteiger partial charge in [-0.2, -0.15) is 0 Å². The molecule has 0 aromatic heterocycles. The van der Waals surface area contributed by atoms with E-state index in [4.69, 9.17) is 28.0 Å². The Balaban J connectivity index is 5.05. The van der Waals surface area contributed by atoms with Gasteiger partial charge in [0.25, 0.3) is 0 Å². The Morgan fingerprint density at radius 3 is 1.97 bits per heavy atom. The zero-order chi connectivity index (χ0) is 26.3. The fraction of sp³-hybridized carbons (Fsp3) is 0.684. The highest BCUT2D eigenvalue weighted by Crippen LogP contribution is 2.04. The van der Waals surface area contributed by atoms with Gasteiger partial charge in [0.15, 0.2) is 5.96 Å². The number of aliphatic carboxylic acids is 2. The number of rotatable bonds is 17. The molecule has 0 aliphatic carbocycles. The zero-order valence-electron chi connectivity index (χ0n) is 19.2. The summed E-state index contributed by atoms with van der Waals surface area (Å²) in [6, 6.07) is -4.81. The number of nitrogens with two attached hydrogens (primary N) is 4. The molecule has 0 saturated heterocycles. The first-order chi connectivity index (χ1) is 15.9. The van der Waals surface area contributed by atoms with Gasteiger partial charge in [0.1, 0.15) is 18.1 Å². The number of carbonyl (C=O) groups excluding carboxylic acids is 3. The average Bonchev–Trinajstić information content (AvgIpc) is 2.73. The van der Waals surface area contributed by atoms with Crippen LogP contribution in [0.1, 0.15) is 45.4 Å². The number of guanidine groups is 1. The second-order valence-electron chi connectivity index (χ2n) is 7.63. The molecule has 4 unspecified atom stereocenters. The molecule has 15 heteroatoms. The summed E-state index contributed by atoms with van der Waals surface area (Å²) in [7, 11) is 0. The molecule has 0 saturated carbocycles. The smallest absolute Gasteiger partial charge is 0.326 e. The van der Waals surface area contributed by atoms with Crippen LogP contribution in [0.4, 0.5) is 0 Å². The quantitative estimate of drug-likeness (QED) is 0.0550. The van der Waals surface area contributed by atoms with Gasteiger partial charge in [-0.1, -0.05) is 0 Å². The van der Waals surface area contributed by atoms with E-state index in [1.165, 1.54) is 6.92 Å². The lowest BCUT2D eigenvalue weighted by Crippen LogP contribution is -2.56. The van der Waals surface area contributed by atoms with Gasteiger partial charge in [0.05, 0.1) is 12.5 Å². The first-order valence-electron chi connectivity index (χ1n) is 10.8. The van der Waals surface area contributed by atoms with E-state index < -0.39 is 60.2 Å². The summed E-state index contributed by atoms with van der Waals surface area (Å²) in [4.78, 5) is 63.2. The summed E-state index contributed by atoms with van der Waals surface area (Å²) in [5.41, 5.74) is 21.4. The zero-order valence-corrected chi connectivity index (χ0v) is 19.2. The molecule has 0 aliphatic heterocycles. The van der Waals surface area contributed by atoms with Crippen molar-refractivity contribution in [2.24, 2.45) is 27.9 Å². The van der Waals surface area contributed by atoms with E-state index in [0.717, 1.165) is 0 Å². The summed E-state index contributed by atoms with van der Waals surface area (Å²) < 4.78 is 0. The second kappa shape index (κ2) is 16.2. The van der Waals surface area contributed by atoms with E-state index in [1.807, 2.05) is 0 Å². The third kappa shape index (κ3) is 13.2.